The van der Waals surface area contributed by atoms with Crippen molar-refractivity contribution >= 4 is 23.2 Å². The fourth-order valence-electron chi connectivity index (χ4n) is 2.29. The highest BCUT2D eigenvalue weighted by Crippen LogP contribution is 2.25. The molecular weight excluding hydrogens is 258 g/mol. The van der Waals surface area contributed by atoms with Gasteiger partial charge in [0, 0.05) is 19.7 Å². The van der Waals surface area contributed by atoms with Crippen LogP contribution in [-0.4, -0.2) is 29.5 Å². The zero-order valence-corrected chi connectivity index (χ0v) is 11.7. The number of nitrogens with zero attached hydrogens (tertiary/aromatic N) is 1. The fourth-order valence-corrected chi connectivity index (χ4v) is 2.29. The second-order valence-corrected chi connectivity index (χ2v) is 4.92. The van der Waals surface area contributed by atoms with Crippen molar-refractivity contribution in [3.05, 3.63) is 18.5 Å². The first kappa shape index (κ1) is 14.5. The van der Waals surface area contributed by atoms with E-state index >= 15 is 0 Å². The molecule has 0 aromatic carbocycles. The van der Waals surface area contributed by atoms with Gasteiger partial charge in [-0.2, -0.15) is 0 Å². The summed E-state index contributed by atoms with van der Waals surface area (Å²) < 4.78 is 5.50. The Morgan fingerprint density at radius 2 is 2.15 bits per heavy atom. The van der Waals surface area contributed by atoms with Crippen molar-refractivity contribution in [3.63, 3.8) is 0 Å². The molecule has 2 heterocycles. The van der Waals surface area contributed by atoms with Crippen LogP contribution in [0.1, 0.15) is 26.7 Å². The molecule has 20 heavy (non-hydrogen) atoms. The zero-order valence-electron chi connectivity index (χ0n) is 11.7. The SMILES string of the molecule is CC(=O)Nc1ccncc1NC(=O)C1CCCOC1C. The number of carbonyl (C=O) groups excluding carboxylic acids is 2. The minimum atomic E-state index is -0.193. The minimum Gasteiger partial charge on any atom is -0.378 e. The van der Waals surface area contributed by atoms with Crippen molar-refractivity contribution in [2.24, 2.45) is 5.92 Å². The lowest BCUT2D eigenvalue weighted by molar-refractivity contribution is -0.127. The maximum absolute atomic E-state index is 12.3. The summed E-state index contributed by atoms with van der Waals surface area (Å²) in [6, 6.07) is 1.65. The average Bonchev–Trinajstić information content (AvgIpc) is 2.41. The van der Waals surface area contributed by atoms with Gasteiger partial charge >= 0.3 is 0 Å². The van der Waals surface area contributed by atoms with Crippen LogP contribution in [0.5, 0.6) is 0 Å². The van der Waals surface area contributed by atoms with E-state index in [4.69, 9.17) is 4.74 Å². The van der Waals surface area contributed by atoms with Crippen LogP contribution >= 0.6 is 0 Å². The molecule has 1 aliphatic rings. The van der Waals surface area contributed by atoms with Crippen LogP contribution in [0, 0.1) is 5.92 Å². The molecule has 1 aromatic rings. The number of hydrogen-bond donors (Lipinski definition) is 2. The summed E-state index contributed by atoms with van der Waals surface area (Å²) in [6.07, 6.45) is 4.69. The number of ether oxygens (including phenoxy) is 1. The largest absolute Gasteiger partial charge is 0.378 e. The number of amides is 2. The van der Waals surface area contributed by atoms with E-state index in [1.54, 1.807) is 12.3 Å². The molecule has 6 heteroatoms. The van der Waals surface area contributed by atoms with Gasteiger partial charge in [-0.15, -0.1) is 0 Å². The lowest BCUT2D eigenvalue weighted by atomic mass is 9.94. The van der Waals surface area contributed by atoms with Gasteiger partial charge in [0.15, 0.2) is 0 Å². The van der Waals surface area contributed by atoms with Crippen LogP contribution < -0.4 is 10.6 Å². The smallest absolute Gasteiger partial charge is 0.230 e. The third-order valence-electron chi connectivity index (χ3n) is 3.33. The summed E-state index contributed by atoms with van der Waals surface area (Å²) in [5.74, 6) is -0.466. The third kappa shape index (κ3) is 3.54. The van der Waals surface area contributed by atoms with Gasteiger partial charge in [0.05, 0.1) is 29.6 Å². The van der Waals surface area contributed by atoms with E-state index in [1.165, 1.54) is 13.1 Å². The molecule has 1 fully saturated rings. The fraction of sp³-hybridized carbons (Fsp3) is 0.500. The van der Waals surface area contributed by atoms with E-state index in [9.17, 15) is 9.59 Å². The Labute approximate surface area is 117 Å². The number of nitrogens with one attached hydrogen (secondary N) is 2. The average molecular weight is 277 g/mol. The number of anilines is 2. The third-order valence-corrected chi connectivity index (χ3v) is 3.33. The van der Waals surface area contributed by atoms with E-state index in [-0.39, 0.29) is 23.8 Å². The highest BCUT2D eigenvalue weighted by molar-refractivity contribution is 5.99. The van der Waals surface area contributed by atoms with Gasteiger partial charge in [0.2, 0.25) is 11.8 Å². The maximum Gasteiger partial charge on any atom is 0.230 e. The first-order chi connectivity index (χ1) is 9.58. The molecule has 2 amide bonds. The Hall–Kier alpha value is -1.95. The summed E-state index contributed by atoms with van der Waals surface area (Å²) in [7, 11) is 0. The summed E-state index contributed by atoms with van der Waals surface area (Å²) in [5, 5.41) is 5.49. The Morgan fingerprint density at radius 3 is 2.85 bits per heavy atom. The first-order valence-corrected chi connectivity index (χ1v) is 6.72. The predicted molar refractivity (Wildman–Crippen MR) is 75.3 cm³/mol. The van der Waals surface area contributed by atoms with Gasteiger partial charge in [-0.3, -0.25) is 14.6 Å². The number of carbonyl (C=O) groups is 2. The van der Waals surface area contributed by atoms with Gasteiger partial charge in [0.25, 0.3) is 0 Å². The van der Waals surface area contributed by atoms with Gasteiger partial charge in [-0.25, -0.2) is 0 Å². The van der Waals surface area contributed by atoms with Crippen molar-refractivity contribution in [3.8, 4) is 0 Å². The predicted octanol–water partition coefficient (Wildman–Crippen LogP) is 1.79. The molecule has 1 aliphatic heterocycles. The molecule has 6 nitrogen and oxygen atoms in total. The molecule has 0 aliphatic carbocycles. The van der Waals surface area contributed by atoms with Crippen molar-refractivity contribution in [2.45, 2.75) is 32.8 Å². The van der Waals surface area contributed by atoms with Gasteiger partial charge in [0.1, 0.15) is 0 Å². The molecule has 0 bridgehead atoms. The molecule has 2 unspecified atom stereocenters. The van der Waals surface area contributed by atoms with Crippen LogP contribution in [0.3, 0.4) is 0 Å². The normalized spacial score (nSPS) is 22.1. The molecule has 0 radical (unpaired) electrons. The maximum atomic E-state index is 12.3. The molecular formula is C14H19N3O3. The summed E-state index contributed by atoms with van der Waals surface area (Å²) in [4.78, 5) is 27.4. The number of hydrogen-bond acceptors (Lipinski definition) is 4. The first-order valence-electron chi connectivity index (χ1n) is 6.72. The standard InChI is InChI=1S/C14H19N3O3/c1-9-11(4-3-7-20-9)14(19)17-13-8-15-6-5-12(13)16-10(2)18/h5-6,8-9,11H,3-4,7H2,1-2H3,(H,17,19)(H,15,16,18). The minimum absolute atomic E-state index is 0.0929. The van der Waals surface area contributed by atoms with E-state index in [0.29, 0.717) is 18.0 Å². The van der Waals surface area contributed by atoms with Crippen LogP contribution in [0.4, 0.5) is 11.4 Å². The summed E-state index contributed by atoms with van der Waals surface area (Å²) in [6.45, 7) is 4.03. The Balaban J connectivity index is 2.09. The van der Waals surface area contributed by atoms with Crippen molar-refractivity contribution in [1.29, 1.82) is 0 Å². The van der Waals surface area contributed by atoms with E-state index in [2.05, 4.69) is 15.6 Å². The highest BCUT2D eigenvalue weighted by atomic mass is 16.5. The highest BCUT2D eigenvalue weighted by Gasteiger charge is 2.29. The number of rotatable bonds is 3. The quantitative estimate of drug-likeness (QED) is 0.882. The molecule has 0 saturated carbocycles. The second kappa shape index (κ2) is 6.47. The van der Waals surface area contributed by atoms with Crippen LogP contribution in [-0.2, 0) is 14.3 Å². The van der Waals surface area contributed by atoms with Crippen LogP contribution in [0.2, 0.25) is 0 Å². The van der Waals surface area contributed by atoms with Gasteiger partial charge < -0.3 is 15.4 Å². The summed E-state index contributed by atoms with van der Waals surface area (Å²) in [5.41, 5.74) is 1.05. The second-order valence-electron chi connectivity index (χ2n) is 4.92. The van der Waals surface area contributed by atoms with Gasteiger partial charge in [-0.1, -0.05) is 0 Å². The molecule has 1 saturated heterocycles. The lowest BCUT2D eigenvalue weighted by Gasteiger charge is -2.28. The van der Waals surface area contributed by atoms with Crippen molar-refractivity contribution in [2.75, 3.05) is 17.2 Å². The molecule has 2 N–H and O–H groups in total. The number of pyridine rings is 1. The molecule has 2 rings (SSSR count). The Kier molecular flexibility index (Phi) is 4.68. The van der Waals surface area contributed by atoms with Crippen molar-refractivity contribution in [1.82, 2.24) is 4.98 Å². The molecule has 0 spiro atoms. The monoisotopic (exact) mass is 277 g/mol. The van der Waals surface area contributed by atoms with E-state index < -0.39 is 0 Å². The zero-order chi connectivity index (χ0) is 14.5. The van der Waals surface area contributed by atoms with E-state index in [0.717, 1.165) is 12.8 Å². The molecule has 2 atom stereocenters. The van der Waals surface area contributed by atoms with Crippen molar-refractivity contribution < 1.29 is 14.3 Å². The summed E-state index contributed by atoms with van der Waals surface area (Å²) >= 11 is 0. The number of aromatic nitrogens is 1. The van der Waals surface area contributed by atoms with E-state index in [1.807, 2.05) is 6.92 Å². The Bertz CT molecular complexity index is 504. The topological polar surface area (TPSA) is 80.3 Å². The Morgan fingerprint density at radius 1 is 1.35 bits per heavy atom. The molecule has 108 valence electrons. The lowest BCUT2D eigenvalue weighted by Crippen LogP contribution is -2.36. The van der Waals surface area contributed by atoms with Gasteiger partial charge in [-0.05, 0) is 25.8 Å². The van der Waals surface area contributed by atoms with Crippen LogP contribution in [0.25, 0.3) is 0 Å². The van der Waals surface area contributed by atoms with Crippen LogP contribution in [0.15, 0.2) is 18.5 Å². The molecule has 1 aromatic heterocycles.